The number of nitrogens with zero attached hydrogens (tertiary/aromatic N) is 1. The number of alkyl halides is 3. The first-order valence-electron chi connectivity index (χ1n) is 13.2. The number of carbonyl (C=O) groups is 3. The zero-order valence-electron chi connectivity index (χ0n) is 23.0. The number of allylic oxidation sites excluding steroid dienone is 2. The molecule has 1 aliphatic carbocycles. The van der Waals surface area contributed by atoms with Gasteiger partial charge in [0.2, 0.25) is 0 Å². The molecule has 0 spiro atoms. The average Bonchev–Trinajstić information content (AvgIpc) is 2.99. The third-order valence-electron chi connectivity index (χ3n) is 7.77. The smallest absolute Gasteiger partial charge is 0.416 e. The molecule has 1 aliphatic heterocycles. The summed E-state index contributed by atoms with van der Waals surface area (Å²) < 4.78 is 67.6. The third kappa shape index (κ3) is 5.15. The number of esters is 2. The quantitative estimate of drug-likeness (QED) is 0.234. The number of nitrogens with two attached hydrogens (primary N) is 1. The predicted octanol–water partition coefficient (Wildman–Crippen LogP) is 5.59. The summed E-state index contributed by atoms with van der Waals surface area (Å²) in [6.07, 6.45) is -4.96. The van der Waals surface area contributed by atoms with E-state index in [1.807, 2.05) is 0 Å². The Balaban J connectivity index is 1.88. The summed E-state index contributed by atoms with van der Waals surface area (Å²) in [5.74, 6) is -7.78. The largest absolute Gasteiger partial charge is 0.468 e. The van der Waals surface area contributed by atoms with Gasteiger partial charge in [-0.3, -0.25) is 14.5 Å². The maximum Gasteiger partial charge on any atom is 0.416 e. The lowest BCUT2D eigenvalue weighted by Crippen LogP contribution is -2.46. The molecule has 0 radical (unpaired) electrons. The van der Waals surface area contributed by atoms with Gasteiger partial charge in [-0.1, -0.05) is 54.6 Å². The van der Waals surface area contributed by atoms with E-state index in [1.165, 1.54) is 35.2 Å². The lowest BCUT2D eigenvalue weighted by Gasteiger charge is -2.44. The van der Waals surface area contributed by atoms with E-state index >= 15 is 0 Å². The van der Waals surface area contributed by atoms with Gasteiger partial charge in [-0.2, -0.15) is 13.2 Å². The van der Waals surface area contributed by atoms with Crippen LogP contribution in [0, 0.1) is 11.7 Å². The topological polar surface area (TPSA) is 98.9 Å². The Morgan fingerprint density at radius 3 is 2.23 bits per heavy atom. The first kappa shape index (κ1) is 29.6. The molecule has 0 saturated heterocycles. The van der Waals surface area contributed by atoms with Gasteiger partial charge in [0.1, 0.15) is 17.6 Å². The van der Waals surface area contributed by atoms with Crippen LogP contribution >= 0.6 is 0 Å². The number of anilines is 1. The average molecular weight is 595 g/mol. The fourth-order valence-electron chi connectivity index (χ4n) is 5.98. The van der Waals surface area contributed by atoms with Crippen molar-refractivity contribution in [3.63, 3.8) is 0 Å². The lowest BCUT2D eigenvalue weighted by atomic mass is 9.66. The van der Waals surface area contributed by atoms with Gasteiger partial charge in [0.15, 0.2) is 5.78 Å². The van der Waals surface area contributed by atoms with E-state index in [1.54, 1.807) is 30.3 Å². The molecule has 0 aromatic heterocycles. The molecule has 222 valence electrons. The van der Waals surface area contributed by atoms with Gasteiger partial charge in [0.05, 0.1) is 37.0 Å². The van der Waals surface area contributed by atoms with E-state index in [9.17, 15) is 31.9 Å². The van der Waals surface area contributed by atoms with Gasteiger partial charge in [-0.25, -0.2) is 9.18 Å². The van der Waals surface area contributed by atoms with Crippen LogP contribution in [0.3, 0.4) is 0 Å². The van der Waals surface area contributed by atoms with Crippen molar-refractivity contribution in [3.05, 3.63) is 124 Å². The minimum Gasteiger partial charge on any atom is -0.468 e. The minimum atomic E-state index is -4.88. The van der Waals surface area contributed by atoms with Gasteiger partial charge in [0, 0.05) is 17.2 Å². The van der Waals surface area contributed by atoms with Crippen molar-refractivity contribution in [1.82, 2.24) is 0 Å². The third-order valence-corrected chi connectivity index (χ3v) is 7.77. The molecule has 3 aromatic rings. The van der Waals surface area contributed by atoms with E-state index in [4.69, 9.17) is 15.2 Å². The van der Waals surface area contributed by atoms with E-state index < -0.39 is 64.2 Å². The molecule has 3 atom stereocenters. The monoisotopic (exact) mass is 594 g/mol. The summed E-state index contributed by atoms with van der Waals surface area (Å²) in [6, 6.07) is 18.3. The molecular weight excluding hydrogens is 568 g/mol. The van der Waals surface area contributed by atoms with Crippen molar-refractivity contribution in [3.8, 4) is 0 Å². The Hall–Kier alpha value is -4.93. The van der Waals surface area contributed by atoms with Crippen molar-refractivity contribution >= 4 is 23.4 Å². The molecule has 5 rings (SSSR count). The predicted molar refractivity (Wildman–Crippen MR) is 148 cm³/mol. The molecule has 0 unspecified atom stereocenters. The highest BCUT2D eigenvalue weighted by Gasteiger charge is 2.52. The number of benzene rings is 3. The molecule has 43 heavy (non-hydrogen) atoms. The Kier molecular flexibility index (Phi) is 7.83. The van der Waals surface area contributed by atoms with Gasteiger partial charge in [0.25, 0.3) is 0 Å². The zero-order valence-corrected chi connectivity index (χ0v) is 23.0. The molecule has 0 fully saturated rings. The van der Waals surface area contributed by atoms with Crippen molar-refractivity contribution < 1.29 is 41.4 Å². The van der Waals surface area contributed by atoms with E-state index in [0.29, 0.717) is 5.56 Å². The number of ketones is 1. The Bertz CT molecular complexity index is 1670. The first-order valence-corrected chi connectivity index (χ1v) is 13.2. The van der Waals surface area contributed by atoms with Crippen LogP contribution in [0.4, 0.5) is 23.2 Å². The zero-order chi connectivity index (χ0) is 31.1. The SMILES string of the molecule is COC(=O)C1=C(N)N(c2cccc(F)c2)C2=C(C(=O)[C@H](C(=O)OC)[C@@H](c3ccccc3)C2)[C@@H]1c1ccccc1C(F)(F)F. The molecular formula is C32H26F4N2O5. The highest BCUT2D eigenvalue weighted by molar-refractivity contribution is 6.14. The summed E-state index contributed by atoms with van der Waals surface area (Å²) >= 11 is 0. The molecule has 7 nitrogen and oxygen atoms in total. The van der Waals surface area contributed by atoms with Gasteiger partial charge in [-0.15, -0.1) is 0 Å². The number of methoxy groups -OCH3 is 2. The number of Topliss-reactive ketones (excluding diaryl/α,β-unsaturated/α-hetero) is 1. The molecule has 0 bridgehead atoms. The van der Waals surface area contributed by atoms with Gasteiger partial charge >= 0.3 is 18.1 Å². The van der Waals surface area contributed by atoms with Crippen LogP contribution < -0.4 is 10.6 Å². The van der Waals surface area contributed by atoms with E-state index in [2.05, 4.69) is 0 Å². The maximum absolute atomic E-state index is 14.5. The summed E-state index contributed by atoms with van der Waals surface area (Å²) in [5, 5.41) is 0. The molecule has 11 heteroatoms. The number of ether oxygens (including phenoxy) is 2. The molecule has 1 heterocycles. The number of rotatable bonds is 5. The normalized spacial score (nSPS) is 20.6. The van der Waals surface area contributed by atoms with Crippen molar-refractivity contribution in [2.75, 3.05) is 19.1 Å². The fraction of sp³-hybridized carbons (Fsp3) is 0.219. The fourth-order valence-corrected chi connectivity index (χ4v) is 5.98. The first-order chi connectivity index (χ1) is 20.5. The Morgan fingerprint density at radius 2 is 1.60 bits per heavy atom. The van der Waals surface area contributed by atoms with Crippen LogP contribution in [0.5, 0.6) is 0 Å². The summed E-state index contributed by atoms with van der Waals surface area (Å²) in [7, 11) is 2.13. The number of hydrogen-bond donors (Lipinski definition) is 1. The highest BCUT2D eigenvalue weighted by Crippen LogP contribution is 2.53. The van der Waals surface area contributed by atoms with Crippen molar-refractivity contribution in [2.45, 2.75) is 24.4 Å². The number of carbonyl (C=O) groups excluding carboxylic acids is 3. The Labute approximate surface area is 244 Å². The van der Waals surface area contributed by atoms with Crippen LogP contribution in [0.25, 0.3) is 0 Å². The summed E-state index contributed by atoms with van der Waals surface area (Å²) in [5.41, 5.74) is 5.16. The second-order valence-corrected chi connectivity index (χ2v) is 10.1. The van der Waals surface area contributed by atoms with Crippen LogP contribution in [0.15, 0.2) is 102 Å². The number of halogens is 4. The van der Waals surface area contributed by atoms with Crippen molar-refractivity contribution in [1.29, 1.82) is 0 Å². The van der Waals surface area contributed by atoms with Gasteiger partial charge in [-0.05, 0) is 41.8 Å². The van der Waals surface area contributed by atoms with E-state index in [-0.39, 0.29) is 29.2 Å². The second-order valence-electron chi connectivity index (χ2n) is 10.1. The standard InChI is InChI=1S/C32H26F4N2O5/c1-42-30(40)25-21(17-9-4-3-5-10-17)16-23-26(28(25)39)24(20-13-6-7-14-22(20)32(34,35)36)27(31(41)43-2)29(37)38(23)19-12-8-11-18(33)15-19/h3-15,21,24-25H,16,37H2,1-2H3/t21-,24+,25-/m1/s1. The van der Waals surface area contributed by atoms with Crippen LogP contribution in [0.1, 0.15) is 34.9 Å². The van der Waals surface area contributed by atoms with Crippen molar-refractivity contribution in [2.24, 2.45) is 11.7 Å². The summed E-state index contributed by atoms with van der Waals surface area (Å²) in [4.78, 5) is 42.4. The molecule has 0 amide bonds. The molecule has 2 N–H and O–H groups in total. The van der Waals surface area contributed by atoms with Crippen LogP contribution in [-0.2, 0) is 30.0 Å². The summed E-state index contributed by atoms with van der Waals surface area (Å²) in [6.45, 7) is 0. The molecule has 2 aliphatic rings. The maximum atomic E-state index is 14.5. The molecule has 3 aromatic carbocycles. The Morgan fingerprint density at radius 1 is 0.930 bits per heavy atom. The highest BCUT2D eigenvalue weighted by atomic mass is 19.4. The lowest BCUT2D eigenvalue weighted by molar-refractivity contribution is -0.150. The van der Waals surface area contributed by atoms with Gasteiger partial charge < -0.3 is 15.2 Å². The number of hydrogen-bond acceptors (Lipinski definition) is 7. The van der Waals surface area contributed by atoms with E-state index in [0.717, 1.165) is 32.4 Å². The van der Waals surface area contributed by atoms with Crippen LogP contribution in [0.2, 0.25) is 0 Å². The second kappa shape index (κ2) is 11.4. The van der Waals surface area contributed by atoms with Crippen LogP contribution in [-0.4, -0.2) is 31.9 Å². The minimum absolute atomic E-state index is 0.0821. The molecule has 0 saturated carbocycles.